The van der Waals surface area contributed by atoms with Gasteiger partial charge in [0.1, 0.15) is 0 Å². The van der Waals surface area contributed by atoms with E-state index < -0.39 is 12.1 Å². The molecular weight excluding hydrogens is 851 g/mol. The Balaban J connectivity index is 3.41. The molecule has 69 heavy (non-hydrogen) atoms. The number of rotatable bonds is 57. The van der Waals surface area contributed by atoms with Crippen molar-refractivity contribution >= 4 is 11.9 Å². The Bertz CT molecular complexity index is 1120. The molecule has 0 saturated carbocycles. The van der Waals surface area contributed by atoms with E-state index in [0.717, 1.165) is 51.4 Å². The number of carbonyl (C=O) groups excluding carboxylic acids is 2. The average molecular weight is 971 g/mol. The number of aliphatic hydroxyl groups excluding tert-OH is 2. The summed E-state index contributed by atoms with van der Waals surface area (Å²) < 4.78 is 5.47. The number of nitrogens with one attached hydrogen (secondary N) is 1. The molecule has 0 aliphatic rings. The molecule has 0 rings (SSSR count). The number of unbranched alkanes of at least 4 members (excludes halogenated alkanes) is 40. The molecule has 0 aliphatic heterocycles. The van der Waals surface area contributed by atoms with Gasteiger partial charge in [0.2, 0.25) is 5.91 Å². The minimum Gasteiger partial charge on any atom is -0.466 e. The Labute approximate surface area is 430 Å². The third-order valence-electron chi connectivity index (χ3n) is 14.2. The molecule has 0 spiro atoms. The van der Waals surface area contributed by atoms with Gasteiger partial charge < -0.3 is 20.3 Å². The van der Waals surface area contributed by atoms with Crippen LogP contribution in [0.1, 0.15) is 328 Å². The fraction of sp³-hybridized carbons (Fsp3) is 0.873. The highest BCUT2D eigenvalue weighted by Gasteiger charge is 2.20. The summed E-state index contributed by atoms with van der Waals surface area (Å²) in [6.07, 6.45) is 73.0. The summed E-state index contributed by atoms with van der Waals surface area (Å²) in [7, 11) is 0. The summed E-state index contributed by atoms with van der Waals surface area (Å²) in [6.45, 7) is 4.93. The number of allylic oxidation sites excluding steroid dienone is 6. The highest BCUT2D eigenvalue weighted by Crippen LogP contribution is 2.17. The number of amides is 1. The number of aliphatic hydroxyl groups is 2. The fourth-order valence-electron chi connectivity index (χ4n) is 9.43. The summed E-state index contributed by atoms with van der Waals surface area (Å²) in [4.78, 5) is 24.5. The lowest BCUT2D eigenvalue weighted by molar-refractivity contribution is -0.143. The summed E-state index contributed by atoms with van der Waals surface area (Å²) in [5.74, 6) is -0.0369. The van der Waals surface area contributed by atoms with Crippen LogP contribution < -0.4 is 5.32 Å². The largest absolute Gasteiger partial charge is 0.466 e. The topological polar surface area (TPSA) is 95.9 Å². The third kappa shape index (κ3) is 55.2. The van der Waals surface area contributed by atoms with E-state index in [2.05, 4.69) is 55.6 Å². The van der Waals surface area contributed by atoms with E-state index in [4.69, 9.17) is 4.74 Å². The predicted octanol–water partition coefficient (Wildman–Crippen LogP) is 19.2. The van der Waals surface area contributed by atoms with Gasteiger partial charge in [-0.3, -0.25) is 9.59 Å². The molecule has 2 unspecified atom stereocenters. The van der Waals surface area contributed by atoms with Gasteiger partial charge in [-0.15, -0.1) is 0 Å². The first-order chi connectivity index (χ1) is 34.0. The molecule has 0 fully saturated rings. The second kappa shape index (κ2) is 58.6. The predicted molar refractivity (Wildman–Crippen MR) is 301 cm³/mol. The van der Waals surface area contributed by atoms with Crippen LogP contribution in [-0.4, -0.2) is 47.4 Å². The zero-order chi connectivity index (χ0) is 50.0. The quantitative estimate of drug-likeness (QED) is 0.0321. The number of esters is 1. The summed E-state index contributed by atoms with van der Waals surface area (Å²) in [6, 6.07) is -0.543. The molecule has 0 aromatic carbocycles. The van der Waals surface area contributed by atoms with Crippen LogP contribution in [0.2, 0.25) is 0 Å². The lowest BCUT2D eigenvalue weighted by atomic mass is 10.0. The molecule has 0 heterocycles. The van der Waals surface area contributed by atoms with Gasteiger partial charge in [-0.2, -0.15) is 0 Å². The van der Waals surface area contributed by atoms with Crippen LogP contribution in [0.25, 0.3) is 0 Å². The summed E-state index contributed by atoms with van der Waals surface area (Å²) in [5, 5.41) is 23.2. The molecule has 0 radical (unpaired) electrons. The molecule has 0 aromatic heterocycles. The van der Waals surface area contributed by atoms with E-state index in [1.165, 1.54) is 244 Å². The van der Waals surface area contributed by atoms with Gasteiger partial charge in [0.05, 0.1) is 25.4 Å². The molecule has 3 N–H and O–H groups in total. The smallest absolute Gasteiger partial charge is 0.305 e. The number of hydrogen-bond donors (Lipinski definition) is 3. The summed E-state index contributed by atoms with van der Waals surface area (Å²) >= 11 is 0. The lowest BCUT2D eigenvalue weighted by Gasteiger charge is -2.22. The highest BCUT2D eigenvalue weighted by atomic mass is 16.5. The zero-order valence-corrected chi connectivity index (χ0v) is 46.3. The Hall–Kier alpha value is -1.92. The van der Waals surface area contributed by atoms with Crippen molar-refractivity contribution in [1.82, 2.24) is 5.32 Å². The van der Waals surface area contributed by atoms with Gasteiger partial charge in [0, 0.05) is 12.8 Å². The third-order valence-corrected chi connectivity index (χ3v) is 14.2. The maximum atomic E-state index is 12.5. The minimum atomic E-state index is -0.665. The second-order valence-electron chi connectivity index (χ2n) is 21.0. The minimum absolute atomic E-state index is 0.00122. The van der Waals surface area contributed by atoms with Crippen molar-refractivity contribution in [3.8, 4) is 0 Å². The molecule has 0 aromatic rings. The Morgan fingerprint density at radius 2 is 0.725 bits per heavy atom. The van der Waals surface area contributed by atoms with E-state index >= 15 is 0 Å². The van der Waals surface area contributed by atoms with Crippen molar-refractivity contribution in [2.45, 2.75) is 341 Å². The average Bonchev–Trinajstić information content (AvgIpc) is 3.35. The summed E-state index contributed by atoms with van der Waals surface area (Å²) in [5.41, 5.74) is 0. The Morgan fingerprint density at radius 1 is 0.406 bits per heavy atom. The van der Waals surface area contributed by atoms with Crippen LogP contribution in [-0.2, 0) is 14.3 Å². The maximum absolute atomic E-state index is 12.5. The van der Waals surface area contributed by atoms with Gasteiger partial charge in [-0.1, -0.05) is 269 Å². The molecule has 0 bridgehead atoms. The molecule has 2 atom stereocenters. The Morgan fingerprint density at radius 3 is 1.13 bits per heavy atom. The molecule has 406 valence electrons. The standard InChI is InChI=1S/C63H119NO5/c1-3-5-7-9-11-13-15-32-37-41-45-49-53-57-63(68)69-58-54-50-46-42-38-34-31-29-27-25-23-21-19-17-18-20-22-24-26-28-30-33-36-40-44-48-52-56-62(67)64-60(59-65)61(66)55-51-47-43-39-35-16-14-12-10-8-6-4-2/h13,15,17-18,21,23,60-61,65-66H,3-12,14,16,19-20,22,24-59H2,1-2H3,(H,64,67)/b15-13-,18-17-,23-21-. The van der Waals surface area contributed by atoms with E-state index in [9.17, 15) is 19.8 Å². The molecule has 6 nitrogen and oxygen atoms in total. The van der Waals surface area contributed by atoms with Crippen LogP contribution in [0.4, 0.5) is 0 Å². The monoisotopic (exact) mass is 970 g/mol. The van der Waals surface area contributed by atoms with Crippen LogP contribution >= 0.6 is 0 Å². The van der Waals surface area contributed by atoms with Crippen LogP contribution in [0.15, 0.2) is 36.5 Å². The number of hydrogen-bond acceptors (Lipinski definition) is 5. The van der Waals surface area contributed by atoms with E-state index in [0.29, 0.717) is 25.9 Å². The van der Waals surface area contributed by atoms with Gasteiger partial charge in [-0.25, -0.2) is 0 Å². The molecule has 1 amide bonds. The first kappa shape index (κ1) is 67.1. The van der Waals surface area contributed by atoms with Crippen molar-refractivity contribution in [3.63, 3.8) is 0 Å². The van der Waals surface area contributed by atoms with Crippen LogP contribution in [0.5, 0.6) is 0 Å². The van der Waals surface area contributed by atoms with Crippen LogP contribution in [0.3, 0.4) is 0 Å². The number of carbonyl (C=O) groups is 2. The normalized spacial score (nSPS) is 12.8. The highest BCUT2D eigenvalue weighted by molar-refractivity contribution is 5.76. The van der Waals surface area contributed by atoms with E-state index in [-0.39, 0.29) is 18.5 Å². The first-order valence-corrected chi connectivity index (χ1v) is 30.7. The fourth-order valence-corrected chi connectivity index (χ4v) is 9.43. The Kier molecular flexibility index (Phi) is 57.0. The SMILES string of the molecule is CCCCCC/C=C\CCCCCCCC(=O)OCCCCCCCCCCC/C=C\C/C=C\CCCCCCCCCCCCCC(=O)NC(CO)C(O)CCCCCCCCCCCCCC. The molecule has 0 saturated heterocycles. The van der Waals surface area contributed by atoms with Crippen LogP contribution in [0, 0.1) is 0 Å². The first-order valence-electron chi connectivity index (χ1n) is 30.7. The molecule has 0 aliphatic carbocycles. The van der Waals surface area contributed by atoms with Gasteiger partial charge >= 0.3 is 5.97 Å². The van der Waals surface area contributed by atoms with E-state index in [1.807, 2.05) is 0 Å². The van der Waals surface area contributed by atoms with E-state index in [1.54, 1.807) is 0 Å². The zero-order valence-electron chi connectivity index (χ0n) is 46.3. The van der Waals surface area contributed by atoms with Crippen molar-refractivity contribution < 1.29 is 24.5 Å². The van der Waals surface area contributed by atoms with Crippen molar-refractivity contribution in [1.29, 1.82) is 0 Å². The maximum Gasteiger partial charge on any atom is 0.305 e. The molecule has 6 heteroatoms. The van der Waals surface area contributed by atoms with Gasteiger partial charge in [0.25, 0.3) is 0 Å². The van der Waals surface area contributed by atoms with Crippen molar-refractivity contribution in [2.75, 3.05) is 13.2 Å². The van der Waals surface area contributed by atoms with Crippen molar-refractivity contribution in [2.24, 2.45) is 0 Å². The second-order valence-corrected chi connectivity index (χ2v) is 21.0. The van der Waals surface area contributed by atoms with Crippen molar-refractivity contribution in [3.05, 3.63) is 36.5 Å². The number of ether oxygens (including phenoxy) is 1. The van der Waals surface area contributed by atoms with Gasteiger partial charge in [0.15, 0.2) is 0 Å². The van der Waals surface area contributed by atoms with Gasteiger partial charge in [-0.05, 0) is 83.5 Å². The lowest BCUT2D eigenvalue weighted by Crippen LogP contribution is -2.45. The molecular formula is C63H119NO5.